The number of fused-ring (bicyclic) bond motifs is 1. The quantitative estimate of drug-likeness (QED) is 0.780. The van der Waals surface area contributed by atoms with Crippen molar-refractivity contribution in [3.8, 4) is 11.5 Å². The fourth-order valence-electron chi connectivity index (χ4n) is 3.18. The smallest absolute Gasteiger partial charge is 0.231 e. The van der Waals surface area contributed by atoms with E-state index in [1.165, 1.54) is 24.3 Å². The predicted octanol–water partition coefficient (Wildman–Crippen LogP) is 2.82. The van der Waals surface area contributed by atoms with Crippen molar-refractivity contribution in [3.05, 3.63) is 53.1 Å². The summed E-state index contributed by atoms with van der Waals surface area (Å²) in [5.41, 5.74) is 0.763. The molecule has 1 heterocycles. The number of hydrogen-bond acceptors (Lipinski definition) is 5. The second-order valence-corrected chi connectivity index (χ2v) is 8.36. The molecule has 0 aromatic heterocycles. The molecule has 0 amide bonds. The summed E-state index contributed by atoms with van der Waals surface area (Å²) in [4.78, 5) is 11.6. The zero-order valence-corrected chi connectivity index (χ0v) is 14.0. The van der Waals surface area contributed by atoms with Gasteiger partial charge in [-0.2, -0.15) is 0 Å². The molecule has 1 aliphatic heterocycles. The zero-order chi connectivity index (χ0) is 16.9. The highest BCUT2D eigenvalue weighted by atomic mass is 35.5. The highest BCUT2D eigenvalue weighted by Gasteiger charge is 2.59. The molecule has 5 nitrogen and oxygen atoms in total. The summed E-state index contributed by atoms with van der Waals surface area (Å²) in [6.07, 6.45) is 0.716. The number of aldehydes is 1. The third-order valence-electron chi connectivity index (χ3n) is 4.45. The van der Waals surface area contributed by atoms with Crippen LogP contribution in [-0.4, -0.2) is 26.7 Å². The topological polar surface area (TPSA) is 69.7 Å². The maximum Gasteiger partial charge on any atom is 0.231 e. The average Bonchev–Trinajstić information content (AvgIpc) is 3.15. The van der Waals surface area contributed by atoms with Crippen LogP contribution in [0.3, 0.4) is 0 Å². The van der Waals surface area contributed by atoms with Gasteiger partial charge in [-0.1, -0.05) is 17.7 Å². The van der Waals surface area contributed by atoms with Crippen LogP contribution in [0.4, 0.5) is 0 Å². The van der Waals surface area contributed by atoms with Crippen LogP contribution in [-0.2, 0) is 14.6 Å². The van der Waals surface area contributed by atoms with E-state index in [2.05, 4.69) is 0 Å². The predicted molar refractivity (Wildman–Crippen MR) is 87.3 cm³/mol. The Balaban J connectivity index is 1.68. The molecule has 0 spiro atoms. The van der Waals surface area contributed by atoms with Crippen molar-refractivity contribution in [2.75, 3.05) is 6.79 Å². The SMILES string of the molecule is O=C[C@@H]1[C@H](c2ccc3c(c2)OCO3)[C@@H]1S(=O)(=O)c1ccc(Cl)cc1. The monoisotopic (exact) mass is 364 g/mol. The largest absolute Gasteiger partial charge is 0.454 e. The first-order valence-corrected chi connectivity index (χ1v) is 9.29. The molecule has 0 bridgehead atoms. The first-order valence-electron chi connectivity index (χ1n) is 7.36. The van der Waals surface area contributed by atoms with E-state index in [1.54, 1.807) is 18.2 Å². The number of halogens is 1. The van der Waals surface area contributed by atoms with Crippen LogP contribution in [0.15, 0.2) is 47.4 Å². The first kappa shape index (κ1) is 15.5. The summed E-state index contributed by atoms with van der Waals surface area (Å²) < 4.78 is 36.3. The van der Waals surface area contributed by atoms with Crippen LogP contribution in [0, 0.1) is 5.92 Å². The molecule has 2 aliphatic rings. The fourth-order valence-corrected chi connectivity index (χ4v) is 5.42. The maximum atomic E-state index is 12.8. The van der Waals surface area contributed by atoms with E-state index in [1.807, 2.05) is 0 Å². The summed E-state index contributed by atoms with van der Waals surface area (Å²) in [5, 5.41) is -0.305. The van der Waals surface area contributed by atoms with E-state index in [4.69, 9.17) is 21.1 Å². The third-order valence-corrected chi connectivity index (χ3v) is 6.95. The molecular weight excluding hydrogens is 352 g/mol. The molecule has 2 aromatic rings. The van der Waals surface area contributed by atoms with Gasteiger partial charge in [0.15, 0.2) is 21.3 Å². The van der Waals surface area contributed by atoms with Crippen molar-refractivity contribution in [1.29, 1.82) is 0 Å². The van der Waals surface area contributed by atoms with Gasteiger partial charge in [0, 0.05) is 16.9 Å². The van der Waals surface area contributed by atoms with Gasteiger partial charge in [-0.3, -0.25) is 0 Å². The van der Waals surface area contributed by atoms with Crippen LogP contribution in [0.1, 0.15) is 11.5 Å². The Hall–Kier alpha value is -2.05. The molecule has 24 heavy (non-hydrogen) atoms. The molecule has 2 aromatic carbocycles. The second kappa shape index (κ2) is 5.50. The van der Waals surface area contributed by atoms with Crippen molar-refractivity contribution >= 4 is 27.7 Å². The molecule has 0 radical (unpaired) electrons. The second-order valence-electron chi connectivity index (χ2n) is 5.82. The van der Waals surface area contributed by atoms with Gasteiger partial charge in [-0.15, -0.1) is 0 Å². The van der Waals surface area contributed by atoms with Gasteiger partial charge in [0.2, 0.25) is 6.79 Å². The molecule has 1 saturated carbocycles. The molecule has 0 N–H and O–H groups in total. The number of carbonyl (C=O) groups excluding carboxylic acids is 1. The van der Waals surface area contributed by atoms with E-state index in [-0.39, 0.29) is 17.6 Å². The summed E-state index contributed by atoms with van der Waals surface area (Å²) >= 11 is 5.81. The summed E-state index contributed by atoms with van der Waals surface area (Å²) in [7, 11) is -3.62. The van der Waals surface area contributed by atoms with Crippen molar-refractivity contribution in [2.45, 2.75) is 16.1 Å². The average molecular weight is 365 g/mol. The lowest BCUT2D eigenvalue weighted by molar-refractivity contribution is -0.108. The van der Waals surface area contributed by atoms with Crippen molar-refractivity contribution in [2.24, 2.45) is 5.92 Å². The van der Waals surface area contributed by atoms with Crippen molar-refractivity contribution in [1.82, 2.24) is 0 Å². The lowest BCUT2D eigenvalue weighted by atomic mass is 10.1. The lowest BCUT2D eigenvalue weighted by Crippen LogP contribution is -2.11. The van der Waals surface area contributed by atoms with E-state index >= 15 is 0 Å². The fraction of sp³-hybridized carbons (Fsp3) is 0.235. The number of rotatable bonds is 4. The minimum absolute atomic E-state index is 0.146. The summed E-state index contributed by atoms with van der Waals surface area (Å²) in [5.74, 6) is 0.259. The maximum absolute atomic E-state index is 12.8. The summed E-state index contributed by atoms with van der Waals surface area (Å²) in [6, 6.07) is 11.3. The number of sulfone groups is 1. The Morgan fingerprint density at radius 1 is 1.04 bits per heavy atom. The Labute approximate surface area is 144 Å². The van der Waals surface area contributed by atoms with Crippen LogP contribution in [0.2, 0.25) is 5.02 Å². The summed E-state index contributed by atoms with van der Waals surface area (Å²) in [6.45, 7) is 0.146. The van der Waals surface area contributed by atoms with Crippen LogP contribution in [0.25, 0.3) is 0 Å². The van der Waals surface area contributed by atoms with Gasteiger partial charge < -0.3 is 14.3 Å². The van der Waals surface area contributed by atoms with Crippen LogP contribution in [0.5, 0.6) is 11.5 Å². The van der Waals surface area contributed by atoms with Gasteiger partial charge in [0.05, 0.1) is 10.1 Å². The first-order chi connectivity index (χ1) is 11.5. The molecule has 7 heteroatoms. The Morgan fingerprint density at radius 3 is 2.46 bits per heavy atom. The molecule has 4 rings (SSSR count). The zero-order valence-electron chi connectivity index (χ0n) is 12.4. The highest BCUT2D eigenvalue weighted by Crippen LogP contribution is 2.54. The van der Waals surface area contributed by atoms with Crippen LogP contribution < -0.4 is 9.47 Å². The Kier molecular flexibility index (Phi) is 3.54. The van der Waals surface area contributed by atoms with Gasteiger partial charge >= 0.3 is 0 Å². The van der Waals surface area contributed by atoms with Gasteiger partial charge in [-0.05, 0) is 42.0 Å². The van der Waals surface area contributed by atoms with Gasteiger partial charge in [-0.25, -0.2) is 8.42 Å². The van der Waals surface area contributed by atoms with Gasteiger partial charge in [0.1, 0.15) is 6.29 Å². The lowest BCUT2D eigenvalue weighted by Gasteiger charge is -2.05. The minimum Gasteiger partial charge on any atom is -0.454 e. The van der Waals surface area contributed by atoms with E-state index < -0.39 is 21.0 Å². The molecule has 0 saturated heterocycles. The van der Waals surface area contributed by atoms with Crippen molar-refractivity contribution < 1.29 is 22.7 Å². The Morgan fingerprint density at radius 2 is 1.75 bits per heavy atom. The molecule has 1 fully saturated rings. The number of carbonyl (C=O) groups is 1. The van der Waals surface area contributed by atoms with E-state index in [9.17, 15) is 13.2 Å². The molecule has 1 aliphatic carbocycles. The normalized spacial score (nSPS) is 24.6. The number of ether oxygens (including phenoxy) is 2. The minimum atomic E-state index is -3.62. The molecule has 0 unspecified atom stereocenters. The standard InChI is InChI=1S/C17H13ClO5S/c18-11-2-4-12(5-3-11)24(20,21)17-13(8-19)16(17)10-1-6-14-15(7-10)23-9-22-14/h1-8,13,16-17H,9H2/t13-,16+,17-/m1/s1. The molecule has 3 atom stereocenters. The highest BCUT2D eigenvalue weighted by molar-refractivity contribution is 7.92. The van der Waals surface area contributed by atoms with Gasteiger partial charge in [0.25, 0.3) is 0 Å². The van der Waals surface area contributed by atoms with Crippen LogP contribution >= 0.6 is 11.6 Å². The number of hydrogen-bond donors (Lipinski definition) is 0. The molecule has 124 valence electrons. The van der Waals surface area contributed by atoms with Crippen molar-refractivity contribution in [3.63, 3.8) is 0 Å². The Bertz CT molecular complexity index is 907. The van der Waals surface area contributed by atoms with E-state index in [0.29, 0.717) is 22.8 Å². The third kappa shape index (κ3) is 2.37. The van der Waals surface area contributed by atoms with E-state index in [0.717, 1.165) is 5.56 Å². The number of benzene rings is 2. The molecular formula is C17H13ClO5S.